The maximum Gasteiger partial charge on any atom is 0.276 e. The van der Waals surface area contributed by atoms with Crippen molar-refractivity contribution in [3.8, 4) is 5.75 Å². The molecule has 0 saturated carbocycles. The molecule has 2 aliphatic rings. The molecule has 1 fully saturated rings. The van der Waals surface area contributed by atoms with Crippen LogP contribution in [-0.2, 0) is 16.8 Å². The van der Waals surface area contributed by atoms with Gasteiger partial charge in [-0.15, -0.1) is 11.3 Å². The minimum atomic E-state index is -0.229. The molecule has 0 unspecified atom stereocenters. The lowest BCUT2D eigenvalue weighted by Gasteiger charge is -2.44. The number of amides is 1. The minimum absolute atomic E-state index is 0.0891. The zero-order valence-corrected chi connectivity index (χ0v) is 15.5. The SMILES string of the molecule is NCCOc1cccnc1C(=O)N1CCC2(CC1)OCCc1sccc12. The fourth-order valence-electron chi connectivity index (χ4n) is 3.83. The van der Waals surface area contributed by atoms with Crippen molar-refractivity contribution < 1.29 is 14.3 Å². The van der Waals surface area contributed by atoms with Gasteiger partial charge in [0, 0.05) is 37.1 Å². The Balaban J connectivity index is 1.49. The van der Waals surface area contributed by atoms with Gasteiger partial charge < -0.3 is 20.1 Å². The van der Waals surface area contributed by atoms with Crippen LogP contribution in [0.4, 0.5) is 0 Å². The highest BCUT2D eigenvalue weighted by Gasteiger charge is 2.42. The summed E-state index contributed by atoms with van der Waals surface area (Å²) in [6, 6.07) is 5.72. The third-order valence-corrected chi connectivity index (χ3v) is 6.13. The van der Waals surface area contributed by atoms with Gasteiger partial charge in [-0.2, -0.15) is 0 Å². The number of rotatable bonds is 4. The zero-order valence-electron chi connectivity index (χ0n) is 14.6. The van der Waals surface area contributed by atoms with E-state index in [4.69, 9.17) is 15.2 Å². The number of thiophene rings is 1. The van der Waals surface area contributed by atoms with E-state index in [-0.39, 0.29) is 11.5 Å². The molecule has 0 radical (unpaired) electrons. The van der Waals surface area contributed by atoms with Gasteiger partial charge in [-0.3, -0.25) is 4.79 Å². The Morgan fingerprint density at radius 1 is 1.38 bits per heavy atom. The second-order valence-electron chi connectivity index (χ2n) is 6.63. The van der Waals surface area contributed by atoms with Crippen LogP contribution in [0.2, 0.25) is 0 Å². The number of hydrogen-bond acceptors (Lipinski definition) is 6. The molecule has 4 rings (SSSR count). The molecule has 4 heterocycles. The maximum atomic E-state index is 13.0. The van der Waals surface area contributed by atoms with Crippen molar-refractivity contribution >= 4 is 17.2 Å². The van der Waals surface area contributed by atoms with Crippen molar-refractivity contribution in [1.29, 1.82) is 0 Å². The van der Waals surface area contributed by atoms with Crippen molar-refractivity contribution in [2.24, 2.45) is 5.73 Å². The fraction of sp³-hybridized carbons (Fsp3) is 0.474. The molecule has 0 bridgehead atoms. The Bertz CT molecular complexity index is 784. The highest BCUT2D eigenvalue weighted by Crippen LogP contribution is 2.43. The number of nitrogens with two attached hydrogens (primary N) is 1. The van der Waals surface area contributed by atoms with E-state index < -0.39 is 0 Å². The fourth-order valence-corrected chi connectivity index (χ4v) is 4.78. The second-order valence-corrected chi connectivity index (χ2v) is 7.63. The second kappa shape index (κ2) is 7.34. The Morgan fingerprint density at radius 3 is 3.04 bits per heavy atom. The lowest BCUT2D eigenvalue weighted by Crippen LogP contribution is -2.48. The number of ether oxygens (including phenoxy) is 2. The number of fused-ring (bicyclic) bond motifs is 2. The average Bonchev–Trinajstić information content (AvgIpc) is 3.17. The van der Waals surface area contributed by atoms with Crippen molar-refractivity contribution in [2.45, 2.75) is 24.9 Å². The summed E-state index contributed by atoms with van der Waals surface area (Å²) >= 11 is 1.81. The van der Waals surface area contributed by atoms with Gasteiger partial charge in [-0.05, 0) is 42.0 Å². The van der Waals surface area contributed by atoms with Crippen LogP contribution < -0.4 is 10.5 Å². The van der Waals surface area contributed by atoms with Crippen molar-refractivity contribution in [3.05, 3.63) is 45.9 Å². The third-order valence-electron chi connectivity index (χ3n) is 5.15. The van der Waals surface area contributed by atoms with Crippen LogP contribution in [0.5, 0.6) is 5.75 Å². The van der Waals surface area contributed by atoms with Crippen LogP contribution in [0.15, 0.2) is 29.8 Å². The van der Waals surface area contributed by atoms with E-state index in [2.05, 4.69) is 16.4 Å². The Morgan fingerprint density at radius 2 is 2.23 bits per heavy atom. The van der Waals surface area contributed by atoms with Gasteiger partial charge in [0.1, 0.15) is 6.61 Å². The van der Waals surface area contributed by atoms with Crippen molar-refractivity contribution in [2.75, 3.05) is 32.8 Å². The van der Waals surface area contributed by atoms with E-state index in [1.54, 1.807) is 18.3 Å². The topological polar surface area (TPSA) is 77.7 Å². The van der Waals surface area contributed by atoms with Crippen LogP contribution in [0.25, 0.3) is 0 Å². The third kappa shape index (κ3) is 3.11. The Hall–Kier alpha value is -1.96. The molecule has 26 heavy (non-hydrogen) atoms. The Labute approximate surface area is 156 Å². The smallest absolute Gasteiger partial charge is 0.276 e. The van der Waals surface area contributed by atoms with E-state index in [1.807, 2.05) is 16.2 Å². The number of aromatic nitrogens is 1. The highest BCUT2D eigenvalue weighted by molar-refractivity contribution is 7.10. The monoisotopic (exact) mass is 373 g/mol. The molecule has 0 atom stereocenters. The standard InChI is InChI=1S/C19H23N3O3S/c20-7-12-24-15-2-1-8-21-17(15)18(23)22-9-5-19(6-10-22)14-4-13-26-16(14)3-11-25-19/h1-2,4,8,13H,3,5-7,9-12,20H2. The lowest BCUT2D eigenvalue weighted by molar-refractivity contribution is -0.0927. The normalized spacial score (nSPS) is 18.6. The van der Waals surface area contributed by atoms with Crippen LogP contribution in [-0.4, -0.2) is 48.6 Å². The van der Waals surface area contributed by atoms with Gasteiger partial charge >= 0.3 is 0 Å². The van der Waals surface area contributed by atoms with E-state index in [9.17, 15) is 4.79 Å². The highest BCUT2D eigenvalue weighted by atomic mass is 32.1. The number of piperidine rings is 1. The van der Waals surface area contributed by atoms with Crippen molar-refractivity contribution in [3.63, 3.8) is 0 Å². The van der Waals surface area contributed by atoms with Crippen LogP contribution in [0, 0.1) is 0 Å². The van der Waals surface area contributed by atoms with E-state index in [0.717, 1.165) is 25.9 Å². The first-order valence-corrected chi connectivity index (χ1v) is 9.89. The molecule has 1 saturated heterocycles. The Kier molecular flexibility index (Phi) is 4.93. The van der Waals surface area contributed by atoms with Crippen molar-refractivity contribution in [1.82, 2.24) is 9.88 Å². The minimum Gasteiger partial charge on any atom is -0.490 e. The lowest BCUT2D eigenvalue weighted by atomic mass is 9.82. The molecule has 1 spiro atoms. The molecule has 2 aliphatic heterocycles. The maximum absolute atomic E-state index is 13.0. The molecule has 1 amide bonds. The molecule has 0 aliphatic carbocycles. The van der Waals surface area contributed by atoms with E-state index in [0.29, 0.717) is 37.7 Å². The number of nitrogens with zero attached hydrogens (tertiary/aromatic N) is 2. The molecule has 2 aromatic rings. The summed E-state index contributed by atoms with van der Waals surface area (Å²) in [5.41, 5.74) is 6.96. The number of hydrogen-bond donors (Lipinski definition) is 1. The predicted molar refractivity (Wildman–Crippen MR) is 99.6 cm³/mol. The molecule has 6 nitrogen and oxygen atoms in total. The first-order valence-electron chi connectivity index (χ1n) is 9.01. The average molecular weight is 373 g/mol. The van der Waals surface area contributed by atoms with Gasteiger partial charge in [-0.25, -0.2) is 4.98 Å². The zero-order chi connectivity index (χ0) is 18.0. The quantitative estimate of drug-likeness (QED) is 0.889. The van der Waals surface area contributed by atoms with Crippen LogP contribution in [0.3, 0.4) is 0 Å². The molecular formula is C19H23N3O3S. The van der Waals surface area contributed by atoms with E-state index in [1.165, 1.54) is 10.4 Å². The first kappa shape index (κ1) is 17.5. The molecule has 138 valence electrons. The molecule has 0 aromatic carbocycles. The summed E-state index contributed by atoms with van der Waals surface area (Å²) < 4.78 is 11.8. The van der Waals surface area contributed by atoms with Crippen LogP contribution in [0.1, 0.15) is 33.8 Å². The number of pyridine rings is 1. The number of likely N-dealkylation sites (tertiary alicyclic amines) is 1. The first-order chi connectivity index (χ1) is 12.7. The molecule has 7 heteroatoms. The van der Waals surface area contributed by atoms with Crippen LogP contribution >= 0.6 is 11.3 Å². The van der Waals surface area contributed by atoms with Gasteiger partial charge in [0.15, 0.2) is 11.4 Å². The summed E-state index contributed by atoms with van der Waals surface area (Å²) in [7, 11) is 0. The predicted octanol–water partition coefficient (Wildman–Crippen LogP) is 2.18. The summed E-state index contributed by atoms with van der Waals surface area (Å²) in [5.74, 6) is 0.408. The van der Waals surface area contributed by atoms with E-state index >= 15 is 0 Å². The summed E-state index contributed by atoms with van der Waals surface area (Å²) in [6.07, 6.45) is 4.24. The number of carbonyl (C=O) groups excluding carboxylic acids is 1. The molecule has 2 N–H and O–H groups in total. The number of carbonyl (C=O) groups is 1. The van der Waals surface area contributed by atoms with Gasteiger partial charge in [0.25, 0.3) is 5.91 Å². The molecule has 2 aromatic heterocycles. The largest absolute Gasteiger partial charge is 0.490 e. The summed E-state index contributed by atoms with van der Waals surface area (Å²) in [6.45, 7) is 2.83. The summed E-state index contributed by atoms with van der Waals surface area (Å²) in [4.78, 5) is 20.5. The van der Waals surface area contributed by atoms with Gasteiger partial charge in [0.05, 0.1) is 12.2 Å². The molecular weight excluding hydrogens is 350 g/mol. The van der Waals surface area contributed by atoms with Gasteiger partial charge in [0.2, 0.25) is 0 Å². The van der Waals surface area contributed by atoms with Gasteiger partial charge in [-0.1, -0.05) is 0 Å². The summed E-state index contributed by atoms with van der Waals surface area (Å²) in [5, 5.41) is 2.15.